The third-order valence-electron chi connectivity index (χ3n) is 1.69. The summed E-state index contributed by atoms with van der Waals surface area (Å²) in [6, 6.07) is 0. The Balaban J connectivity index is 2.41. The molecule has 0 spiro atoms. The van der Waals surface area contributed by atoms with E-state index < -0.39 is 0 Å². The highest BCUT2D eigenvalue weighted by molar-refractivity contribution is 4.77. The lowest BCUT2D eigenvalue weighted by Crippen LogP contribution is -2.18. The fraction of sp³-hybridized carbons (Fsp3) is 1.00. The first-order valence-corrected chi connectivity index (χ1v) is 3.25. The van der Waals surface area contributed by atoms with Crippen molar-refractivity contribution in [2.45, 2.75) is 38.6 Å². The van der Waals surface area contributed by atoms with Gasteiger partial charge in [-0.05, 0) is 13.8 Å². The predicted molar refractivity (Wildman–Crippen MR) is 35.4 cm³/mol. The lowest BCUT2D eigenvalue weighted by Gasteiger charge is -2.10. The number of methoxy groups -OCH3 is 1. The maximum absolute atomic E-state index is 7.12. The molecule has 1 aliphatic heterocycles. The summed E-state index contributed by atoms with van der Waals surface area (Å²) in [4.78, 5) is 0. The summed E-state index contributed by atoms with van der Waals surface area (Å²) in [6.45, 7) is 2.32. The minimum Gasteiger partial charge on any atom is -0.379 e. The number of hydrogen-bond donors (Lipinski definition) is 0. The maximum atomic E-state index is 7.12. The van der Waals surface area contributed by atoms with Gasteiger partial charge in [-0.3, -0.25) is 0 Å². The third-order valence-corrected chi connectivity index (χ3v) is 1.69. The smallest absolute Gasteiger partial charge is 0.0854 e. The topological polar surface area (TPSA) is 18.5 Å². The molecule has 9 heavy (non-hydrogen) atoms. The van der Waals surface area contributed by atoms with E-state index in [9.17, 15) is 0 Å². The van der Waals surface area contributed by atoms with E-state index in [-0.39, 0.29) is 18.3 Å². The van der Waals surface area contributed by atoms with Crippen molar-refractivity contribution in [1.82, 2.24) is 0 Å². The lowest BCUT2D eigenvalue weighted by molar-refractivity contribution is 0.0103. The number of hydrogen-bond acceptors (Lipinski definition) is 2. The van der Waals surface area contributed by atoms with Crippen molar-refractivity contribution in [2.75, 3.05) is 7.11 Å². The molecule has 0 amide bonds. The first kappa shape index (κ1) is 5.69. The summed E-state index contributed by atoms with van der Waals surface area (Å²) in [5, 5.41) is 0. The van der Waals surface area contributed by atoms with E-state index in [0.29, 0.717) is 6.90 Å². The van der Waals surface area contributed by atoms with Gasteiger partial charge in [0.1, 0.15) is 0 Å². The average Bonchev–Trinajstić information content (AvgIpc) is 2.30. The molecule has 0 aromatic carbocycles. The van der Waals surface area contributed by atoms with Crippen LogP contribution in [0.25, 0.3) is 0 Å². The summed E-state index contributed by atoms with van der Waals surface area (Å²) in [5.74, 6) is 0. The molecule has 54 valence electrons. The fourth-order valence-electron chi connectivity index (χ4n) is 1.17. The van der Waals surface area contributed by atoms with Gasteiger partial charge >= 0.3 is 0 Å². The van der Waals surface area contributed by atoms with E-state index in [4.69, 9.17) is 10.8 Å². The Morgan fingerprint density at radius 2 is 2.56 bits per heavy atom. The van der Waals surface area contributed by atoms with Gasteiger partial charge < -0.3 is 9.47 Å². The van der Waals surface area contributed by atoms with Crippen molar-refractivity contribution < 1.29 is 10.8 Å². The molecule has 1 fully saturated rings. The number of ether oxygens (including phenoxy) is 2. The summed E-state index contributed by atoms with van der Waals surface area (Å²) in [7, 11) is 1.68. The summed E-state index contributed by atoms with van der Waals surface area (Å²) >= 11 is 0. The van der Waals surface area contributed by atoms with Crippen molar-refractivity contribution in [2.24, 2.45) is 0 Å². The standard InChI is InChI=1S/C7H14O2/c1-5-4-7(8-3)6(2)9-5/h5-7H,4H2,1-3H3/t5-,6+,7?/m0/s1/i2D. The van der Waals surface area contributed by atoms with Gasteiger partial charge in [0.15, 0.2) is 0 Å². The molecular formula is C7H14O2. The molecule has 3 atom stereocenters. The number of rotatable bonds is 1. The molecule has 1 rings (SSSR count). The van der Waals surface area contributed by atoms with E-state index in [2.05, 4.69) is 0 Å². The van der Waals surface area contributed by atoms with Gasteiger partial charge in [0, 0.05) is 14.9 Å². The van der Waals surface area contributed by atoms with Crippen LogP contribution in [0.5, 0.6) is 0 Å². The molecule has 0 saturated carbocycles. The average molecular weight is 131 g/mol. The molecule has 0 N–H and O–H groups in total. The van der Waals surface area contributed by atoms with Crippen LogP contribution in [-0.4, -0.2) is 25.4 Å². The monoisotopic (exact) mass is 131 g/mol. The quantitative estimate of drug-likeness (QED) is 0.532. The van der Waals surface area contributed by atoms with Crippen LogP contribution in [0.3, 0.4) is 0 Å². The Labute approximate surface area is 57.6 Å². The fourth-order valence-corrected chi connectivity index (χ4v) is 1.17. The van der Waals surface area contributed by atoms with Crippen LogP contribution in [0, 0.1) is 0 Å². The van der Waals surface area contributed by atoms with Crippen LogP contribution >= 0.6 is 0 Å². The van der Waals surface area contributed by atoms with Crippen LogP contribution in [0.2, 0.25) is 0 Å². The second-order valence-electron chi connectivity index (χ2n) is 2.50. The first-order valence-electron chi connectivity index (χ1n) is 3.96. The zero-order valence-corrected chi connectivity index (χ0v) is 5.96. The Morgan fingerprint density at radius 1 is 1.78 bits per heavy atom. The summed E-state index contributed by atoms with van der Waals surface area (Å²) in [5.41, 5.74) is 0. The van der Waals surface area contributed by atoms with Crippen LogP contribution in [0.15, 0.2) is 0 Å². The van der Waals surface area contributed by atoms with Crippen molar-refractivity contribution in [3.8, 4) is 0 Å². The van der Waals surface area contributed by atoms with E-state index in [0.717, 1.165) is 6.42 Å². The summed E-state index contributed by atoms with van der Waals surface area (Å²) < 4.78 is 17.7. The Hall–Kier alpha value is -0.0800. The van der Waals surface area contributed by atoms with E-state index in [1.54, 1.807) is 7.11 Å². The minimum absolute atomic E-state index is 0.000000000000000444. The molecule has 1 saturated heterocycles. The molecule has 0 bridgehead atoms. The molecular weight excluding hydrogens is 116 g/mol. The van der Waals surface area contributed by atoms with E-state index in [1.165, 1.54) is 0 Å². The van der Waals surface area contributed by atoms with Crippen LogP contribution < -0.4 is 0 Å². The van der Waals surface area contributed by atoms with Crippen LogP contribution in [-0.2, 0) is 9.47 Å². The molecule has 0 aromatic heterocycles. The van der Waals surface area contributed by atoms with Crippen molar-refractivity contribution in [1.29, 1.82) is 0 Å². The SMILES string of the molecule is [2H]C[C@H]1O[C@@H](C)CC1OC. The highest BCUT2D eigenvalue weighted by Gasteiger charge is 2.28. The van der Waals surface area contributed by atoms with Crippen LogP contribution in [0.1, 0.15) is 21.6 Å². The zero-order valence-electron chi connectivity index (χ0n) is 6.96. The molecule has 1 aliphatic rings. The van der Waals surface area contributed by atoms with Gasteiger partial charge in [0.25, 0.3) is 0 Å². The first-order chi connectivity index (χ1) is 4.77. The third kappa shape index (κ3) is 1.43. The molecule has 1 unspecified atom stereocenters. The Bertz CT molecular complexity index is 95.8. The zero-order chi connectivity index (χ0) is 7.56. The highest BCUT2D eigenvalue weighted by atomic mass is 16.6. The molecule has 2 nitrogen and oxygen atoms in total. The lowest BCUT2D eigenvalue weighted by atomic mass is 10.2. The van der Waals surface area contributed by atoms with Gasteiger partial charge in [-0.15, -0.1) is 0 Å². The Morgan fingerprint density at radius 3 is 3.00 bits per heavy atom. The van der Waals surface area contributed by atoms with E-state index in [1.807, 2.05) is 6.92 Å². The van der Waals surface area contributed by atoms with Gasteiger partial charge in [-0.25, -0.2) is 0 Å². The maximum Gasteiger partial charge on any atom is 0.0854 e. The van der Waals surface area contributed by atoms with E-state index >= 15 is 0 Å². The van der Waals surface area contributed by atoms with Gasteiger partial charge in [0.05, 0.1) is 18.3 Å². The molecule has 2 heteroatoms. The second kappa shape index (κ2) is 2.67. The van der Waals surface area contributed by atoms with Crippen molar-refractivity contribution >= 4 is 0 Å². The molecule has 0 aromatic rings. The van der Waals surface area contributed by atoms with Gasteiger partial charge in [0.2, 0.25) is 0 Å². The van der Waals surface area contributed by atoms with Gasteiger partial charge in [-0.2, -0.15) is 0 Å². The highest BCUT2D eigenvalue weighted by Crippen LogP contribution is 2.21. The molecule has 0 radical (unpaired) electrons. The van der Waals surface area contributed by atoms with Crippen molar-refractivity contribution in [3.63, 3.8) is 0 Å². The minimum atomic E-state index is -0.000000000000000444. The second-order valence-corrected chi connectivity index (χ2v) is 2.50. The van der Waals surface area contributed by atoms with Gasteiger partial charge in [-0.1, -0.05) is 0 Å². The largest absolute Gasteiger partial charge is 0.379 e. The Kier molecular flexibility index (Phi) is 1.69. The normalized spacial score (nSPS) is 45.1. The van der Waals surface area contributed by atoms with Crippen molar-refractivity contribution in [3.05, 3.63) is 0 Å². The summed E-state index contributed by atoms with van der Waals surface area (Å²) in [6.07, 6.45) is 1.34. The predicted octanol–water partition coefficient (Wildman–Crippen LogP) is 1.20. The van der Waals surface area contributed by atoms with Crippen LogP contribution in [0.4, 0.5) is 0 Å². The molecule has 1 heterocycles. The molecule has 0 aliphatic carbocycles.